The maximum atomic E-state index is 12.4. The van der Waals surface area contributed by atoms with Crippen molar-refractivity contribution >= 4 is 52.7 Å². The first-order valence-electron chi connectivity index (χ1n) is 8.75. The predicted octanol–water partition coefficient (Wildman–Crippen LogP) is 3.83. The maximum absolute atomic E-state index is 12.4. The number of nitrogens with one attached hydrogen (secondary N) is 2. The standard InChI is InChI=1S/C21H17Cl2N3O3/c1-24-21(29)19-15(8-9-25-19)20(28)26-14-5-2-12(3-6-14)10-18(27)13-4-7-16(22)17(23)11-13/h2-7,9,11H,8,10H2,1H3,(H,24,29)(H,26,28). The third-order valence-electron chi connectivity index (χ3n) is 4.34. The van der Waals surface area contributed by atoms with Gasteiger partial charge in [-0.25, -0.2) is 0 Å². The molecule has 2 N–H and O–H groups in total. The lowest BCUT2D eigenvalue weighted by molar-refractivity contribution is -0.118. The molecule has 0 atom stereocenters. The minimum absolute atomic E-state index is 0.0937. The Hall–Kier alpha value is -2.96. The molecule has 0 fully saturated rings. The summed E-state index contributed by atoms with van der Waals surface area (Å²) in [6.07, 6.45) is 2.01. The van der Waals surface area contributed by atoms with Gasteiger partial charge in [-0.1, -0.05) is 35.3 Å². The van der Waals surface area contributed by atoms with E-state index in [2.05, 4.69) is 15.6 Å². The van der Waals surface area contributed by atoms with Crippen LogP contribution in [0, 0.1) is 0 Å². The molecule has 0 saturated carbocycles. The number of anilines is 1. The van der Waals surface area contributed by atoms with Crippen LogP contribution >= 0.6 is 23.2 Å². The van der Waals surface area contributed by atoms with Crippen molar-refractivity contribution in [2.24, 2.45) is 4.99 Å². The van der Waals surface area contributed by atoms with Crippen LogP contribution in [0.25, 0.3) is 0 Å². The number of hydrogen-bond donors (Lipinski definition) is 2. The summed E-state index contributed by atoms with van der Waals surface area (Å²) in [4.78, 5) is 40.6. The van der Waals surface area contributed by atoms with Crippen molar-refractivity contribution in [2.75, 3.05) is 12.4 Å². The highest BCUT2D eigenvalue weighted by molar-refractivity contribution is 6.42. The van der Waals surface area contributed by atoms with Crippen LogP contribution in [-0.4, -0.2) is 30.9 Å². The molecule has 2 aromatic rings. The molecule has 2 amide bonds. The van der Waals surface area contributed by atoms with E-state index in [1.807, 2.05) is 0 Å². The number of carbonyl (C=O) groups excluding carboxylic acids is 3. The Morgan fingerprint density at radius 2 is 1.72 bits per heavy atom. The molecule has 3 rings (SSSR count). The zero-order valence-electron chi connectivity index (χ0n) is 15.5. The minimum Gasteiger partial charge on any atom is -0.354 e. The van der Waals surface area contributed by atoms with Crippen LogP contribution < -0.4 is 10.6 Å². The van der Waals surface area contributed by atoms with Crippen molar-refractivity contribution in [3.63, 3.8) is 0 Å². The molecule has 0 unspecified atom stereocenters. The molecule has 1 heterocycles. The van der Waals surface area contributed by atoms with Gasteiger partial charge in [0.05, 0.1) is 15.6 Å². The normalized spacial score (nSPS) is 12.8. The van der Waals surface area contributed by atoms with Gasteiger partial charge in [-0.2, -0.15) is 0 Å². The smallest absolute Gasteiger partial charge is 0.270 e. The summed E-state index contributed by atoms with van der Waals surface area (Å²) in [6, 6.07) is 11.7. The molecule has 1 aliphatic heterocycles. The van der Waals surface area contributed by atoms with Gasteiger partial charge in [0.2, 0.25) is 0 Å². The van der Waals surface area contributed by atoms with Crippen molar-refractivity contribution < 1.29 is 14.4 Å². The Labute approximate surface area is 177 Å². The average Bonchev–Trinajstić information content (AvgIpc) is 3.21. The largest absolute Gasteiger partial charge is 0.354 e. The summed E-state index contributed by atoms with van der Waals surface area (Å²) >= 11 is 11.8. The Balaban J connectivity index is 1.66. The number of hydrogen-bond acceptors (Lipinski definition) is 4. The third-order valence-corrected chi connectivity index (χ3v) is 5.07. The van der Waals surface area contributed by atoms with Crippen LogP contribution in [-0.2, 0) is 16.0 Å². The number of halogens is 2. The summed E-state index contributed by atoms with van der Waals surface area (Å²) in [5.74, 6) is -0.885. The van der Waals surface area contributed by atoms with Gasteiger partial charge in [0.15, 0.2) is 5.78 Å². The van der Waals surface area contributed by atoms with Crippen LogP contribution in [0.3, 0.4) is 0 Å². The van der Waals surface area contributed by atoms with E-state index in [4.69, 9.17) is 23.2 Å². The molecular weight excluding hydrogens is 413 g/mol. The number of carbonyl (C=O) groups is 3. The quantitative estimate of drug-likeness (QED) is 0.683. The lowest BCUT2D eigenvalue weighted by Gasteiger charge is -2.08. The fourth-order valence-corrected chi connectivity index (χ4v) is 3.08. The molecule has 8 heteroatoms. The minimum atomic E-state index is -0.403. The van der Waals surface area contributed by atoms with Gasteiger partial charge in [-0.3, -0.25) is 19.4 Å². The number of rotatable bonds is 6. The van der Waals surface area contributed by atoms with Crippen molar-refractivity contribution in [1.82, 2.24) is 5.32 Å². The lowest BCUT2D eigenvalue weighted by atomic mass is 10.0. The number of likely N-dealkylation sites (N-methyl/N-ethyl adjacent to an activating group) is 1. The second-order valence-electron chi connectivity index (χ2n) is 6.30. The van der Waals surface area contributed by atoms with E-state index in [-0.39, 0.29) is 23.8 Å². The summed E-state index contributed by atoms with van der Waals surface area (Å²) in [5.41, 5.74) is 2.24. The SMILES string of the molecule is CNC(=O)C1=C(C(=O)Nc2ccc(CC(=O)c3ccc(Cl)c(Cl)c3)cc2)CC=N1. The van der Waals surface area contributed by atoms with Crippen LogP contribution in [0.5, 0.6) is 0 Å². The van der Waals surface area contributed by atoms with E-state index in [0.717, 1.165) is 5.56 Å². The van der Waals surface area contributed by atoms with Gasteiger partial charge < -0.3 is 10.6 Å². The monoisotopic (exact) mass is 429 g/mol. The van der Waals surface area contributed by atoms with Gasteiger partial charge in [0.1, 0.15) is 5.70 Å². The first-order chi connectivity index (χ1) is 13.9. The second kappa shape index (κ2) is 9.03. The van der Waals surface area contributed by atoms with Crippen LogP contribution in [0.15, 0.2) is 58.7 Å². The summed E-state index contributed by atoms with van der Waals surface area (Å²) in [6.45, 7) is 0. The van der Waals surface area contributed by atoms with Gasteiger partial charge >= 0.3 is 0 Å². The number of amides is 2. The van der Waals surface area contributed by atoms with E-state index in [1.54, 1.807) is 42.5 Å². The molecule has 29 heavy (non-hydrogen) atoms. The fraction of sp³-hybridized carbons (Fsp3) is 0.143. The number of benzene rings is 2. The molecule has 0 spiro atoms. The molecule has 6 nitrogen and oxygen atoms in total. The highest BCUT2D eigenvalue weighted by Gasteiger charge is 2.23. The molecule has 1 aliphatic rings. The maximum Gasteiger partial charge on any atom is 0.270 e. The molecule has 0 saturated heterocycles. The second-order valence-corrected chi connectivity index (χ2v) is 7.12. The van der Waals surface area contributed by atoms with Crippen molar-refractivity contribution in [2.45, 2.75) is 12.8 Å². The first kappa shape index (κ1) is 20.8. The molecule has 0 aromatic heterocycles. The van der Waals surface area contributed by atoms with Crippen molar-refractivity contribution in [3.05, 3.63) is 74.9 Å². The van der Waals surface area contributed by atoms with Crippen molar-refractivity contribution in [1.29, 1.82) is 0 Å². The summed E-state index contributed by atoms with van der Waals surface area (Å²) in [5, 5.41) is 5.93. The van der Waals surface area contributed by atoms with E-state index in [1.165, 1.54) is 13.3 Å². The topological polar surface area (TPSA) is 87.6 Å². The Bertz CT molecular complexity index is 1040. The molecule has 2 aromatic carbocycles. The first-order valence-corrected chi connectivity index (χ1v) is 9.51. The number of Topliss-reactive ketones (excluding diaryl/α,β-unsaturated/α-hetero) is 1. The lowest BCUT2D eigenvalue weighted by Crippen LogP contribution is -2.23. The van der Waals surface area contributed by atoms with E-state index < -0.39 is 5.91 Å². The highest BCUT2D eigenvalue weighted by atomic mass is 35.5. The number of ketones is 1. The van der Waals surface area contributed by atoms with Crippen LogP contribution in [0.4, 0.5) is 5.69 Å². The van der Waals surface area contributed by atoms with Crippen molar-refractivity contribution in [3.8, 4) is 0 Å². The Morgan fingerprint density at radius 3 is 2.38 bits per heavy atom. The third kappa shape index (κ3) is 4.91. The zero-order valence-corrected chi connectivity index (χ0v) is 17.0. The molecule has 148 valence electrons. The summed E-state index contributed by atoms with van der Waals surface area (Å²) in [7, 11) is 1.48. The Kier molecular flexibility index (Phi) is 6.46. The molecule has 0 bridgehead atoms. The van der Waals surface area contributed by atoms with Gasteiger partial charge in [0.25, 0.3) is 11.8 Å². The molecular formula is C21H17Cl2N3O3. The fourth-order valence-electron chi connectivity index (χ4n) is 2.79. The predicted molar refractivity (Wildman–Crippen MR) is 114 cm³/mol. The molecule has 0 radical (unpaired) electrons. The average molecular weight is 430 g/mol. The van der Waals surface area contributed by atoms with E-state index >= 15 is 0 Å². The van der Waals surface area contributed by atoms with Crippen LogP contribution in [0.1, 0.15) is 22.3 Å². The Morgan fingerprint density at radius 1 is 1.00 bits per heavy atom. The highest BCUT2D eigenvalue weighted by Crippen LogP contribution is 2.24. The van der Waals surface area contributed by atoms with Gasteiger partial charge in [-0.15, -0.1) is 0 Å². The zero-order chi connectivity index (χ0) is 21.0. The number of nitrogens with zero attached hydrogens (tertiary/aromatic N) is 1. The number of aliphatic imine (C=N–C) groups is 1. The van der Waals surface area contributed by atoms with E-state index in [9.17, 15) is 14.4 Å². The van der Waals surface area contributed by atoms with Gasteiger partial charge in [-0.05, 0) is 35.9 Å². The van der Waals surface area contributed by atoms with Crippen LogP contribution in [0.2, 0.25) is 10.0 Å². The van der Waals surface area contributed by atoms with E-state index in [0.29, 0.717) is 33.3 Å². The van der Waals surface area contributed by atoms with Gasteiger partial charge in [0, 0.05) is 37.4 Å². The summed E-state index contributed by atoms with van der Waals surface area (Å²) < 4.78 is 0. The molecule has 0 aliphatic carbocycles.